The zero-order valence-electron chi connectivity index (χ0n) is 9.45. The first kappa shape index (κ1) is 10.5. The Morgan fingerprint density at radius 1 is 0.889 bits per heavy atom. The van der Waals surface area contributed by atoms with Gasteiger partial charge in [-0.15, -0.1) is 0 Å². The van der Waals surface area contributed by atoms with Crippen molar-refractivity contribution in [1.82, 2.24) is 15.0 Å². The SMILES string of the molecule is Nc1ccc(Oc2ncccn2)c2ncccc12. The van der Waals surface area contributed by atoms with Gasteiger partial charge in [-0.25, -0.2) is 9.97 Å². The summed E-state index contributed by atoms with van der Waals surface area (Å²) in [7, 11) is 0. The van der Waals surface area contributed by atoms with Crippen molar-refractivity contribution in [3.8, 4) is 11.8 Å². The van der Waals surface area contributed by atoms with Crippen LogP contribution in [-0.4, -0.2) is 15.0 Å². The van der Waals surface area contributed by atoms with Gasteiger partial charge >= 0.3 is 6.01 Å². The third kappa shape index (κ3) is 1.82. The first-order valence-corrected chi connectivity index (χ1v) is 5.43. The molecule has 0 aliphatic heterocycles. The van der Waals surface area contributed by atoms with E-state index in [-0.39, 0.29) is 6.01 Å². The molecular weight excluding hydrogens is 228 g/mol. The first-order chi connectivity index (χ1) is 8.84. The maximum absolute atomic E-state index is 5.89. The number of aromatic nitrogens is 3. The van der Waals surface area contributed by atoms with Gasteiger partial charge in [-0.05, 0) is 30.3 Å². The second-order valence-corrected chi connectivity index (χ2v) is 3.69. The van der Waals surface area contributed by atoms with Gasteiger partial charge in [0.05, 0.1) is 0 Å². The quantitative estimate of drug-likeness (QED) is 0.694. The Morgan fingerprint density at radius 3 is 2.50 bits per heavy atom. The van der Waals surface area contributed by atoms with Crippen molar-refractivity contribution in [3.05, 3.63) is 48.9 Å². The number of nitrogens with two attached hydrogens (primary N) is 1. The Morgan fingerprint density at radius 2 is 1.67 bits per heavy atom. The van der Waals surface area contributed by atoms with Crippen LogP contribution in [0.15, 0.2) is 48.9 Å². The highest BCUT2D eigenvalue weighted by Crippen LogP contribution is 2.30. The molecule has 3 aromatic rings. The summed E-state index contributed by atoms with van der Waals surface area (Å²) in [4.78, 5) is 12.3. The highest BCUT2D eigenvalue weighted by molar-refractivity contribution is 5.94. The third-order valence-electron chi connectivity index (χ3n) is 2.51. The number of hydrogen-bond donors (Lipinski definition) is 1. The predicted molar refractivity (Wildman–Crippen MR) is 68.3 cm³/mol. The molecule has 0 spiro atoms. The van der Waals surface area contributed by atoms with E-state index in [4.69, 9.17) is 10.5 Å². The topological polar surface area (TPSA) is 73.9 Å². The summed E-state index contributed by atoms with van der Waals surface area (Å²) in [6.45, 7) is 0. The van der Waals surface area contributed by atoms with Crippen LogP contribution in [0.5, 0.6) is 11.8 Å². The number of rotatable bonds is 2. The maximum Gasteiger partial charge on any atom is 0.321 e. The number of hydrogen-bond acceptors (Lipinski definition) is 5. The molecule has 0 radical (unpaired) electrons. The number of fused-ring (bicyclic) bond motifs is 1. The van der Waals surface area contributed by atoms with Crippen LogP contribution in [0, 0.1) is 0 Å². The number of ether oxygens (including phenoxy) is 1. The van der Waals surface area contributed by atoms with Gasteiger partial charge in [0, 0.05) is 29.7 Å². The molecule has 0 aliphatic rings. The van der Waals surface area contributed by atoms with Crippen molar-refractivity contribution in [3.63, 3.8) is 0 Å². The lowest BCUT2D eigenvalue weighted by molar-refractivity contribution is 0.446. The average molecular weight is 238 g/mol. The second-order valence-electron chi connectivity index (χ2n) is 3.69. The lowest BCUT2D eigenvalue weighted by atomic mass is 10.2. The van der Waals surface area contributed by atoms with E-state index in [2.05, 4.69) is 15.0 Å². The zero-order chi connectivity index (χ0) is 12.4. The standard InChI is InChI=1S/C13H10N4O/c14-10-4-5-11(12-9(10)3-1-6-15-12)18-13-16-7-2-8-17-13/h1-8H,14H2. The molecule has 0 saturated carbocycles. The summed E-state index contributed by atoms with van der Waals surface area (Å²) in [6.07, 6.45) is 4.94. The summed E-state index contributed by atoms with van der Waals surface area (Å²) in [5.41, 5.74) is 7.26. The summed E-state index contributed by atoms with van der Waals surface area (Å²) < 4.78 is 5.61. The fraction of sp³-hybridized carbons (Fsp3) is 0. The zero-order valence-corrected chi connectivity index (χ0v) is 9.45. The highest BCUT2D eigenvalue weighted by Gasteiger charge is 2.07. The van der Waals surface area contributed by atoms with Gasteiger partial charge in [-0.3, -0.25) is 4.98 Å². The van der Waals surface area contributed by atoms with Gasteiger partial charge in [-0.2, -0.15) is 0 Å². The molecule has 5 nitrogen and oxygen atoms in total. The van der Waals surface area contributed by atoms with Gasteiger partial charge in [0.15, 0.2) is 5.75 Å². The fourth-order valence-corrected chi connectivity index (χ4v) is 1.69. The molecule has 1 aromatic carbocycles. The van der Waals surface area contributed by atoms with E-state index in [0.29, 0.717) is 17.0 Å². The maximum atomic E-state index is 5.89. The molecule has 2 heterocycles. The number of anilines is 1. The summed E-state index contributed by atoms with van der Waals surface area (Å²) in [5, 5.41) is 0.853. The summed E-state index contributed by atoms with van der Waals surface area (Å²) in [6, 6.07) is 9.29. The highest BCUT2D eigenvalue weighted by atomic mass is 16.5. The van der Waals surface area contributed by atoms with E-state index < -0.39 is 0 Å². The lowest BCUT2D eigenvalue weighted by Crippen LogP contribution is -1.94. The van der Waals surface area contributed by atoms with Crippen LogP contribution < -0.4 is 10.5 Å². The van der Waals surface area contributed by atoms with E-state index >= 15 is 0 Å². The Labute approximate surface area is 103 Å². The van der Waals surface area contributed by atoms with Crippen LogP contribution in [0.1, 0.15) is 0 Å². The van der Waals surface area contributed by atoms with E-state index in [1.807, 2.05) is 12.1 Å². The van der Waals surface area contributed by atoms with Crippen LogP contribution in [0.25, 0.3) is 10.9 Å². The van der Waals surface area contributed by atoms with E-state index in [1.54, 1.807) is 36.8 Å². The Balaban J connectivity index is 2.10. The molecule has 0 aliphatic carbocycles. The van der Waals surface area contributed by atoms with Crippen molar-refractivity contribution in [2.24, 2.45) is 0 Å². The monoisotopic (exact) mass is 238 g/mol. The van der Waals surface area contributed by atoms with Crippen molar-refractivity contribution < 1.29 is 4.74 Å². The fourth-order valence-electron chi connectivity index (χ4n) is 1.69. The predicted octanol–water partition coefficient (Wildman–Crippen LogP) is 2.40. The minimum absolute atomic E-state index is 0.286. The Kier molecular flexibility index (Phi) is 2.49. The molecule has 18 heavy (non-hydrogen) atoms. The molecule has 3 rings (SSSR count). The molecule has 0 unspecified atom stereocenters. The molecule has 5 heteroatoms. The van der Waals surface area contributed by atoms with Gasteiger partial charge in [0.25, 0.3) is 0 Å². The van der Waals surface area contributed by atoms with Gasteiger partial charge in [0.2, 0.25) is 0 Å². The molecule has 0 atom stereocenters. The molecule has 0 amide bonds. The molecule has 0 saturated heterocycles. The number of benzene rings is 1. The van der Waals surface area contributed by atoms with Crippen molar-refractivity contribution in [1.29, 1.82) is 0 Å². The Bertz CT molecular complexity index is 685. The Hall–Kier alpha value is -2.69. The summed E-state index contributed by atoms with van der Waals surface area (Å²) in [5.74, 6) is 0.589. The second kappa shape index (κ2) is 4.29. The molecule has 88 valence electrons. The average Bonchev–Trinajstić information content (AvgIpc) is 2.44. The van der Waals surface area contributed by atoms with Gasteiger partial charge < -0.3 is 10.5 Å². The minimum atomic E-state index is 0.286. The molecule has 0 bridgehead atoms. The lowest BCUT2D eigenvalue weighted by Gasteiger charge is -2.07. The first-order valence-electron chi connectivity index (χ1n) is 5.43. The normalized spacial score (nSPS) is 10.4. The minimum Gasteiger partial charge on any atom is -0.422 e. The largest absolute Gasteiger partial charge is 0.422 e. The smallest absolute Gasteiger partial charge is 0.321 e. The van der Waals surface area contributed by atoms with Crippen LogP contribution in [0.4, 0.5) is 5.69 Å². The van der Waals surface area contributed by atoms with E-state index in [1.165, 1.54) is 0 Å². The van der Waals surface area contributed by atoms with Gasteiger partial charge in [0.1, 0.15) is 5.52 Å². The van der Waals surface area contributed by atoms with E-state index in [9.17, 15) is 0 Å². The summed E-state index contributed by atoms with van der Waals surface area (Å²) >= 11 is 0. The van der Waals surface area contributed by atoms with Crippen molar-refractivity contribution >= 4 is 16.6 Å². The number of nitrogen functional groups attached to an aromatic ring is 1. The van der Waals surface area contributed by atoms with Crippen LogP contribution in [0.3, 0.4) is 0 Å². The third-order valence-corrected chi connectivity index (χ3v) is 2.51. The van der Waals surface area contributed by atoms with Crippen LogP contribution in [-0.2, 0) is 0 Å². The molecule has 2 N–H and O–H groups in total. The molecule has 0 fully saturated rings. The molecular formula is C13H10N4O. The molecule has 2 aromatic heterocycles. The van der Waals surface area contributed by atoms with E-state index in [0.717, 1.165) is 5.39 Å². The number of nitrogens with zero attached hydrogens (tertiary/aromatic N) is 3. The number of pyridine rings is 1. The van der Waals surface area contributed by atoms with Crippen LogP contribution in [0.2, 0.25) is 0 Å². The van der Waals surface area contributed by atoms with Crippen LogP contribution >= 0.6 is 0 Å². The van der Waals surface area contributed by atoms with Crippen molar-refractivity contribution in [2.75, 3.05) is 5.73 Å². The van der Waals surface area contributed by atoms with Crippen molar-refractivity contribution in [2.45, 2.75) is 0 Å². The van der Waals surface area contributed by atoms with Gasteiger partial charge in [-0.1, -0.05) is 0 Å².